The third-order valence-corrected chi connectivity index (χ3v) is 7.94. The van der Waals surface area contributed by atoms with Crippen LogP contribution in [-0.2, 0) is 40.5 Å². The van der Waals surface area contributed by atoms with Gasteiger partial charge in [0.05, 0.1) is 12.3 Å². The number of carbonyl (C=O) groups is 2. The number of unbranched alkanes of at least 4 members (excludes halogenated alkanes) is 4. The maximum absolute atomic E-state index is 12.2. The Labute approximate surface area is 206 Å². The van der Waals surface area contributed by atoms with Crippen LogP contribution in [0.15, 0.2) is 60.7 Å². The van der Waals surface area contributed by atoms with Crippen LogP contribution in [0.25, 0.3) is 0 Å². The highest BCUT2D eigenvalue weighted by Crippen LogP contribution is 2.45. The van der Waals surface area contributed by atoms with Gasteiger partial charge in [-0.05, 0) is 24.0 Å². The lowest BCUT2D eigenvalue weighted by atomic mass is 10.1. The van der Waals surface area contributed by atoms with Gasteiger partial charge in [0.2, 0.25) is 14.7 Å². The molecular weight excluding hydrogens is 490 g/mol. The summed E-state index contributed by atoms with van der Waals surface area (Å²) < 4.78 is 34.3. The van der Waals surface area contributed by atoms with Gasteiger partial charge in [-0.25, -0.2) is 0 Å². The van der Waals surface area contributed by atoms with Crippen molar-refractivity contribution in [2.24, 2.45) is 0 Å². The molecule has 192 valence electrons. The van der Waals surface area contributed by atoms with Crippen LogP contribution in [0.2, 0.25) is 0 Å². The summed E-state index contributed by atoms with van der Waals surface area (Å²) in [6.07, 6.45) is 2.78. The summed E-state index contributed by atoms with van der Waals surface area (Å²) >= 11 is 0. The van der Waals surface area contributed by atoms with Crippen molar-refractivity contribution in [2.75, 3.05) is 12.7 Å². The minimum absolute atomic E-state index is 0.0353. The summed E-state index contributed by atoms with van der Waals surface area (Å²) in [5.74, 6) is -1.00. The number of benzene rings is 2. The Hall–Kier alpha value is -2.24. The van der Waals surface area contributed by atoms with Crippen LogP contribution in [0.5, 0.6) is 0 Å². The molecule has 0 aliphatic rings. The van der Waals surface area contributed by atoms with Gasteiger partial charge >= 0.3 is 11.9 Å². The van der Waals surface area contributed by atoms with Crippen LogP contribution in [0.1, 0.15) is 56.1 Å². The lowest BCUT2D eigenvalue weighted by Crippen LogP contribution is -2.07. The molecule has 0 bridgehead atoms. The van der Waals surface area contributed by atoms with Crippen molar-refractivity contribution in [3.05, 3.63) is 71.8 Å². The predicted octanol–water partition coefficient (Wildman–Crippen LogP) is 5.66. The fraction of sp³-hybridized carbons (Fsp3) is 0.440. The molecule has 10 heteroatoms. The average molecular weight is 524 g/mol. The van der Waals surface area contributed by atoms with Crippen molar-refractivity contribution in [1.29, 1.82) is 0 Å². The molecule has 0 saturated carbocycles. The lowest BCUT2D eigenvalue weighted by molar-refractivity contribution is -0.142. The van der Waals surface area contributed by atoms with E-state index in [1.54, 1.807) is 48.5 Å². The van der Waals surface area contributed by atoms with E-state index in [9.17, 15) is 28.5 Å². The Morgan fingerprint density at radius 1 is 0.600 bits per heavy atom. The van der Waals surface area contributed by atoms with E-state index in [1.165, 1.54) is 0 Å². The number of rotatable bonds is 16. The highest BCUT2D eigenvalue weighted by molar-refractivity contribution is 7.57. The first kappa shape index (κ1) is 29.0. The van der Waals surface area contributed by atoms with Crippen molar-refractivity contribution in [3.63, 3.8) is 0 Å². The first-order valence-corrected chi connectivity index (χ1v) is 15.7. The van der Waals surface area contributed by atoms with Crippen LogP contribution in [0, 0.1) is 0 Å². The van der Waals surface area contributed by atoms with E-state index in [0.717, 1.165) is 30.4 Å². The van der Waals surface area contributed by atoms with Gasteiger partial charge in [-0.2, -0.15) is 0 Å². The van der Waals surface area contributed by atoms with E-state index in [0.29, 0.717) is 12.8 Å². The van der Waals surface area contributed by atoms with Gasteiger partial charge in [-0.1, -0.05) is 79.9 Å². The molecule has 2 aromatic carbocycles. The third kappa shape index (κ3) is 13.4. The molecule has 2 atom stereocenters. The van der Waals surface area contributed by atoms with Gasteiger partial charge in [0.25, 0.3) is 0 Å². The Bertz CT molecular complexity index is 929. The molecule has 0 spiro atoms. The molecule has 8 nitrogen and oxygen atoms in total. The van der Waals surface area contributed by atoms with Crippen molar-refractivity contribution < 1.29 is 38.0 Å². The Balaban J connectivity index is 1.49. The molecule has 0 aliphatic heterocycles. The van der Waals surface area contributed by atoms with Crippen molar-refractivity contribution in [2.45, 2.75) is 57.3 Å². The van der Waals surface area contributed by atoms with Gasteiger partial charge < -0.3 is 19.3 Å². The first-order chi connectivity index (χ1) is 16.7. The predicted molar refractivity (Wildman–Crippen MR) is 134 cm³/mol. The number of esters is 2. The minimum Gasteiger partial charge on any atom is -0.455 e. The zero-order chi connectivity index (χ0) is 25.6. The van der Waals surface area contributed by atoms with Crippen molar-refractivity contribution in [3.8, 4) is 0 Å². The van der Waals surface area contributed by atoms with Crippen LogP contribution in [0.3, 0.4) is 0 Å². The summed E-state index contributed by atoms with van der Waals surface area (Å²) in [5, 5.41) is 0. The molecule has 0 amide bonds. The summed E-state index contributed by atoms with van der Waals surface area (Å²) in [5.41, 5.74) is 1.44. The van der Waals surface area contributed by atoms with E-state index < -0.39 is 39.4 Å². The summed E-state index contributed by atoms with van der Waals surface area (Å²) in [4.78, 5) is 43.6. The molecule has 2 N–H and O–H groups in total. The highest BCUT2D eigenvalue weighted by Gasteiger charge is 2.22. The number of hydrogen-bond donors (Lipinski definition) is 2. The Morgan fingerprint density at radius 2 is 0.943 bits per heavy atom. The highest BCUT2D eigenvalue weighted by atomic mass is 31.2. The van der Waals surface area contributed by atoms with E-state index in [4.69, 9.17) is 9.47 Å². The van der Waals surface area contributed by atoms with Gasteiger partial charge in [0, 0.05) is 12.8 Å². The van der Waals surface area contributed by atoms with Crippen molar-refractivity contribution >= 4 is 26.7 Å². The van der Waals surface area contributed by atoms with E-state index in [-0.39, 0.29) is 25.2 Å². The molecule has 35 heavy (non-hydrogen) atoms. The van der Waals surface area contributed by atoms with Gasteiger partial charge in [-0.3, -0.25) is 18.7 Å². The zero-order valence-corrected chi connectivity index (χ0v) is 21.6. The SMILES string of the molecule is O=C(CCCCCCCC(=O)OCP(=O)(O)Cc1ccccc1)OCP(=O)(O)Cc1ccccc1. The molecular formula is C25H34O8P2. The van der Waals surface area contributed by atoms with Crippen molar-refractivity contribution in [1.82, 2.24) is 0 Å². The zero-order valence-electron chi connectivity index (χ0n) is 19.8. The minimum atomic E-state index is -3.59. The third-order valence-electron chi connectivity index (χ3n) is 5.16. The fourth-order valence-electron chi connectivity index (χ4n) is 3.39. The maximum Gasteiger partial charge on any atom is 0.306 e. The first-order valence-electron chi connectivity index (χ1n) is 11.7. The van der Waals surface area contributed by atoms with E-state index in [2.05, 4.69) is 0 Å². The monoisotopic (exact) mass is 524 g/mol. The normalized spacial score (nSPS) is 14.5. The smallest absolute Gasteiger partial charge is 0.306 e. The Morgan fingerprint density at radius 3 is 1.31 bits per heavy atom. The van der Waals surface area contributed by atoms with E-state index in [1.807, 2.05) is 12.1 Å². The lowest BCUT2D eigenvalue weighted by Gasteiger charge is -2.12. The van der Waals surface area contributed by atoms with Crippen LogP contribution < -0.4 is 0 Å². The molecule has 0 heterocycles. The number of ether oxygens (including phenoxy) is 2. The fourth-order valence-corrected chi connectivity index (χ4v) is 5.82. The van der Waals surface area contributed by atoms with Crippen LogP contribution >= 0.6 is 14.7 Å². The standard InChI is InChI=1S/C25H34O8P2/c26-24(32-20-34(28,29)18-22-12-6-4-7-13-22)16-10-2-1-3-11-17-25(27)33-21-35(30,31)19-23-14-8-5-9-15-23/h4-9,12-15H,1-3,10-11,16-21H2,(H,28,29)(H,30,31). The van der Waals surface area contributed by atoms with E-state index >= 15 is 0 Å². The maximum atomic E-state index is 12.2. The van der Waals surface area contributed by atoms with Crippen LogP contribution in [-0.4, -0.2) is 34.4 Å². The van der Waals surface area contributed by atoms with Gasteiger partial charge in [0.1, 0.15) is 0 Å². The number of carbonyl (C=O) groups excluding carboxylic acids is 2. The largest absolute Gasteiger partial charge is 0.455 e. The summed E-state index contributed by atoms with van der Waals surface area (Å²) in [7, 11) is -7.17. The molecule has 0 aliphatic carbocycles. The second-order valence-corrected chi connectivity index (χ2v) is 13.1. The molecule has 0 saturated heterocycles. The Kier molecular flexibility index (Phi) is 12.4. The van der Waals surface area contributed by atoms with Crippen LogP contribution in [0.4, 0.5) is 0 Å². The molecule has 0 radical (unpaired) electrons. The molecule has 2 unspecified atom stereocenters. The molecule has 2 aromatic rings. The second-order valence-electron chi connectivity index (χ2n) is 8.54. The molecule has 0 aromatic heterocycles. The topological polar surface area (TPSA) is 127 Å². The summed E-state index contributed by atoms with van der Waals surface area (Å²) in [6, 6.07) is 17.8. The number of hydrogen-bond acceptors (Lipinski definition) is 6. The van der Waals surface area contributed by atoms with Gasteiger partial charge in [0.15, 0.2) is 12.7 Å². The second kappa shape index (κ2) is 15.0. The molecule has 0 fully saturated rings. The van der Waals surface area contributed by atoms with Gasteiger partial charge in [-0.15, -0.1) is 0 Å². The summed E-state index contributed by atoms with van der Waals surface area (Å²) in [6.45, 7) is 0. The molecule has 2 rings (SSSR count). The quantitative estimate of drug-likeness (QED) is 0.164. The average Bonchev–Trinajstić information content (AvgIpc) is 2.82.